The predicted octanol–water partition coefficient (Wildman–Crippen LogP) is 1.91. The van der Waals surface area contributed by atoms with Gasteiger partial charge in [0.2, 0.25) is 5.91 Å². The fourth-order valence-corrected chi connectivity index (χ4v) is 1.84. The molecule has 1 aromatic rings. The van der Waals surface area contributed by atoms with E-state index in [1.807, 2.05) is 0 Å². The van der Waals surface area contributed by atoms with Crippen LogP contribution in [0.1, 0.15) is 11.7 Å². The Bertz CT molecular complexity index is 429. The fourth-order valence-electron chi connectivity index (χ4n) is 1.48. The van der Waals surface area contributed by atoms with Gasteiger partial charge in [-0.2, -0.15) is 0 Å². The van der Waals surface area contributed by atoms with Crippen molar-refractivity contribution in [3.8, 4) is 0 Å². The SMILES string of the molecule is O=C1COC(c2cc(Br)c(F)cc2F)CN1. The zero-order chi connectivity index (χ0) is 11.7. The molecular formula is C10H8BrF2NO2. The highest BCUT2D eigenvalue weighted by molar-refractivity contribution is 9.10. The summed E-state index contributed by atoms with van der Waals surface area (Å²) in [7, 11) is 0. The average Bonchev–Trinajstić information content (AvgIpc) is 2.25. The van der Waals surface area contributed by atoms with Crippen LogP contribution < -0.4 is 5.32 Å². The average molecular weight is 292 g/mol. The second-order valence-corrected chi connectivity index (χ2v) is 4.25. The van der Waals surface area contributed by atoms with Crippen LogP contribution in [0, 0.1) is 11.6 Å². The molecule has 1 amide bonds. The molecule has 1 aliphatic rings. The fraction of sp³-hybridized carbons (Fsp3) is 0.300. The van der Waals surface area contributed by atoms with Crippen molar-refractivity contribution in [1.29, 1.82) is 0 Å². The summed E-state index contributed by atoms with van der Waals surface area (Å²) in [4.78, 5) is 10.8. The van der Waals surface area contributed by atoms with Gasteiger partial charge in [0, 0.05) is 18.2 Å². The van der Waals surface area contributed by atoms with E-state index in [2.05, 4.69) is 21.2 Å². The van der Waals surface area contributed by atoms with Crippen molar-refractivity contribution in [3.63, 3.8) is 0 Å². The van der Waals surface area contributed by atoms with Crippen LogP contribution in [-0.4, -0.2) is 19.1 Å². The molecule has 1 N–H and O–H groups in total. The molecular weight excluding hydrogens is 284 g/mol. The molecule has 2 rings (SSSR count). The van der Waals surface area contributed by atoms with E-state index < -0.39 is 17.7 Å². The zero-order valence-corrected chi connectivity index (χ0v) is 9.68. The van der Waals surface area contributed by atoms with Crippen LogP contribution in [0.5, 0.6) is 0 Å². The van der Waals surface area contributed by atoms with Crippen molar-refractivity contribution in [1.82, 2.24) is 5.32 Å². The lowest BCUT2D eigenvalue weighted by Gasteiger charge is -2.24. The van der Waals surface area contributed by atoms with Crippen LogP contribution in [0.25, 0.3) is 0 Å². The van der Waals surface area contributed by atoms with Gasteiger partial charge >= 0.3 is 0 Å². The second-order valence-electron chi connectivity index (χ2n) is 3.39. The first-order valence-corrected chi connectivity index (χ1v) is 5.40. The molecule has 1 fully saturated rings. The van der Waals surface area contributed by atoms with Gasteiger partial charge in [-0.15, -0.1) is 0 Å². The van der Waals surface area contributed by atoms with Gasteiger partial charge in [-0.05, 0) is 22.0 Å². The minimum absolute atomic E-state index is 0.112. The molecule has 1 aromatic carbocycles. The molecule has 1 aliphatic heterocycles. The molecule has 86 valence electrons. The molecule has 1 unspecified atom stereocenters. The van der Waals surface area contributed by atoms with Gasteiger partial charge in [-0.25, -0.2) is 8.78 Å². The van der Waals surface area contributed by atoms with Crippen LogP contribution in [0.15, 0.2) is 16.6 Å². The molecule has 0 radical (unpaired) electrons. The third-order valence-corrected chi connectivity index (χ3v) is 2.89. The number of carbonyl (C=O) groups is 1. The summed E-state index contributed by atoms with van der Waals surface area (Å²) in [6, 6.07) is 2.12. The molecule has 0 saturated carbocycles. The summed E-state index contributed by atoms with van der Waals surface area (Å²) < 4.78 is 31.8. The lowest BCUT2D eigenvalue weighted by molar-refractivity contribution is -0.133. The first-order valence-electron chi connectivity index (χ1n) is 4.60. The maximum Gasteiger partial charge on any atom is 0.246 e. The van der Waals surface area contributed by atoms with E-state index >= 15 is 0 Å². The Labute approximate surface area is 98.9 Å². The Hall–Kier alpha value is -1.01. The highest BCUT2D eigenvalue weighted by atomic mass is 79.9. The van der Waals surface area contributed by atoms with E-state index in [-0.39, 0.29) is 29.1 Å². The summed E-state index contributed by atoms with van der Waals surface area (Å²) in [5.74, 6) is -1.58. The molecule has 0 bridgehead atoms. The maximum absolute atomic E-state index is 13.5. The summed E-state index contributed by atoms with van der Waals surface area (Å²) in [5.41, 5.74) is 0.230. The standard InChI is InChI=1S/C10H8BrF2NO2/c11-6-1-5(7(12)2-8(6)13)9-3-14-10(15)4-16-9/h1-2,9H,3-4H2,(H,14,15). The van der Waals surface area contributed by atoms with Crippen molar-refractivity contribution < 1.29 is 18.3 Å². The van der Waals surface area contributed by atoms with Gasteiger partial charge in [0.25, 0.3) is 0 Å². The molecule has 16 heavy (non-hydrogen) atoms. The van der Waals surface area contributed by atoms with Gasteiger partial charge in [0.05, 0.1) is 4.47 Å². The van der Waals surface area contributed by atoms with E-state index in [0.29, 0.717) is 0 Å². The number of rotatable bonds is 1. The topological polar surface area (TPSA) is 38.3 Å². The Morgan fingerprint density at radius 3 is 2.75 bits per heavy atom. The minimum atomic E-state index is -0.679. The molecule has 1 atom stereocenters. The largest absolute Gasteiger partial charge is 0.362 e. The van der Waals surface area contributed by atoms with Crippen LogP contribution >= 0.6 is 15.9 Å². The second kappa shape index (κ2) is 4.47. The smallest absolute Gasteiger partial charge is 0.246 e. The van der Waals surface area contributed by atoms with Crippen molar-refractivity contribution >= 4 is 21.8 Å². The third-order valence-electron chi connectivity index (χ3n) is 2.29. The number of amides is 1. The van der Waals surface area contributed by atoms with E-state index in [4.69, 9.17) is 4.74 Å². The lowest BCUT2D eigenvalue weighted by Crippen LogP contribution is -2.39. The van der Waals surface area contributed by atoms with Crippen molar-refractivity contribution in [3.05, 3.63) is 33.8 Å². The van der Waals surface area contributed by atoms with Gasteiger partial charge in [-0.1, -0.05) is 0 Å². The lowest BCUT2D eigenvalue weighted by atomic mass is 10.1. The van der Waals surface area contributed by atoms with E-state index in [1.54, 1.807) is 0 Å². The number of hydrogen-bond donors (Lipinski definition) is 1. The van der Waals surface area contributed by atoms with Crippen LogP contribution in [0.3, 0.4) is 0 Å². The van der Waals surface area contributed by atoms with E-state index in [0.717, 1.165) is 6.07 Å². The summed E-state index contributed by atoms with van der Waals surface area (Å²) in [5, 5.41) is 2.55. The van der Waals surface area contributed by atoms with E-state index in [1.165, 1.54) is 6.07 Å². The van der Waals surface area contributed by atoms with Crippen molar-refractivity contribution in [2.75, 3.05) is 13.2 Å². The minimum Gasteiger partial charge on any atom is -0.362 e. The highest BCUT2D eigenvalue weighted by Gasteiger charge is 2.23. The van der Waals surface area contributed by atoms with Gasteiger partial charge in [0.15, 0.2) is 0 Å². The number of morpholine rings is 1. The highest BCUT2D eigenvalue weighted by Crippen LogP contribution is 2.27. The number of benzene rings is 1. The maximum atomic E-state index is 13.5. The van der Waals surface area contributed by atoms with Gasteiger partial charge in [-0.3, -0.25) is 4.79 Å². The number of ether oxygens (including phenoxy) is 1. The van der Waals surface area contributed by atoms with Gasteiger partial charge in [0.1, 0.15) is 24.3 Å². The quantitative estimate of drug-likeness (QED) is 0.803. The monoisotopic (exact) mass is 291 g/mol. The molecule has 1 heterocycles. The number of halogens is 3. The third kappa shape index (κ3) is 2.22. The summed E-state index contributed by atoms with van der Waals surface area (Å²) in [6.07, 6.45) is -0.574. The predicted molar refractivity (Wildman–Crippen MR) is 55.8 cm³/mol. The van der Waals surface area contributed by atoms with Crippen molar-refractivity contribution in [2.45, 2.75) is 6.10 Å². The normalized spacial score (nSPS) is 20.7. The van der Waals surface area contributed by atoms with E-state index in [9.17, 15) is 13.6 Å². The summed E-state index contributed by atoms with van der Waals surface area (Å²) >= 11 is 2.97. The van der Waals surface area contributed by atoms with Crippen LogP contribution in [-0.2, 0) is 9.53 Å². The number of nitrogens with one attached hydrogen (secondary N) is 1. The van der Waals surface area contributed by atoms with Crippen molar-refractivity contribution in [2.24, 2.45) is 0 Å². The molecule has 6 heteroatoms. The molecule has 0 aliphatic carbocycles. The van der Waals surface area contributed by atoms with Crippen LogP contribution in [0.2, 0.25) is 0 Å². The van der Waals surface area contributed by atoms with Gasteiger partial charge < -0.3 is 10.1 Å². The Morgan fingerprint density at radius 2 is 2.12 bits per heavy atom. The first-order chi connectivity index (χ1) is 7.58. The molecule has 0 aromatic heterocycles. The number of hydrogen-bond acceptors (Lipinski definition) is 2. The summed E-state index contributed by atoms with van der Waals surface area (Å²) in [6.45, 7) is 0.0763. The molecule has 1 saturated heterocycles. The number of carbonyl (C=O) groups excluding carboxylic acids is 1. The first kappa shape index (κ1) is 11.5. The Kier molecular flexibility index (Phi) is 3.20. The molecule has 3 nitrogen and oxygen atoms in total. The Balaban J connectivity index is 2.26. The van der Waals surface area contributed by atoms with Crippen LogP contribution in [0.4, 0.5) is 8.78 Å². The molecule has 0 spiro atoms. The Morgan fingerprint density at radius 1 is 1.38 bits per heavy atom. The zero-order valence-electron chi connectivity index (χ0n) is 8.10.